The average molecular weight is 336 g/mol. The zero-order chi connectivity index (χ0) is 18.1. The molecule has 0 heterocycles. The van der Waals surface area contributed by atoms with Crippen LogP contribution in [0.15, 0.2) is 36.4 Å². The predicted molar refractivity (Wildman–Crippen MR) is 97.1 cm³/mol. The second-order valence-corrected chi connectivity index (χ2v) is 5.02. The fourth-order valence-corrected chi connectivity index (χ4v) is 2.19. The number of ether oxygens (including phenoxy) is 3. The molecule has 0 bridgehead atoms. The van der Waals surface area contributed by atoms with Crippen LogP contribution in [0, 0.1) is 23.7 Å². The van der Waals surface area contributed by atoms with Crippen LogP contribution in [0.25, 0.3) is 0 Å². The molecule has 0 saturated heterocycles. The van der Waals surface area contributed by atoms with Crippen molar-refractivity contribution >= 4 is 0 Å². The van der Waals surface area contributed by atoms with Crippen LogP contribution < -0.4 is 14.2 Å². The van der Waals surface area contributed by atoms with E-state index in [0.717, 1.165) is 16.7 Å². The maximum absolute atomic E-state index is 8.78. The number of benzene rings is 2. The van der Waals surface area contributed by atoms with E-state index in [9.17, 15) is 0 Å². The molecule has 2 aromatic rings. The van der Waals surface area contributed by atoms with Crippen LogP contribution in [0.1, 0.15) is 23.1 Å². The number of aliphatic hydroxyl groups excluding tert-OH is 1. The lowest BCUT2D eigenvalue weighted by molar-refractivity contribution is 0.305. The molecule has 0 aliphatic heterocycles. The molecule has 0 radical (unpaired) electrons. The summed E-state index contributed by atoms with van der Waals surface area (Å²) in [5, 5.41) is 8.78. The molecule has 2 aromatic carbocycles. The number of rotatable bonds is 4. The van der Waals surface area contributed by atoms with Gasteiger partial charge in [-0.2, -0.15) is 0 Å². The van der Waals surface area contributed by atoms with Gasteiger partial charge in [-0.15, -0.1) is 0 Å². The van der Waals surface area contributed by atoms with Gasteiger partial charge in [-0.25, -0.2) is 0 Å². The molecule has 0 aliphatic carbocycles. The first kappa shape index (κ1) is 18.3. The van der Waals surface area contributed by atoms with Crippen molar-refractivity contribution in [1.29, 1.82) is 0 Å². The number of hydrogen-bond donors (Lipinski definition) is 1. The predicted octanol–water partition coefficient (Wildman–Crippen LogP) is 2.85. The molecule has 25 heavy (non-hydrogen) atoms. The average Bonchev–Trinajstić information content (AvgIpc) is 2.66. The third-order valence-corrected chi connectivity index (χ3v) is 3.35. The van der Waals surface area contributed by atoms with Crippen LogP contribution in [0.4, 0.5) is 0 Å². The van der Waals surface area contributed by atoms with Gasteiger partial charge in [-0.05, 0) is 30.3 Å². The molecule has 0 spiro atoms. The van der Waals surface area contributed by atoms with E-state index in [1.165, 1.54) is 0 Å². The van der Waals surface area contributed by atoms with E-state index < -0.39 is 0 Å². The van der Waals surface area contributed by atoms with Gasteiger partial charge in [0.1, 0.15) is 0 Å². The highest BCUT2D eigenvalue weighted by Gasteiger charge is 2.12. The molecule has 4 heteroatoms. The second-order valence-electron chi connectivity index (χ2n) is 5.02. The van der Waals surface area contributed by atoms with Crippen molar-refractivity contribution in [2.24, 2.45) is 0 Å². The van der Waals surface area contributed by atoms with Gasteiger partial charge in [0, 0.05) is 23.1 Å². The van der Waals surface area contributed by atoms with E-state index in [1.54, 1.807) is 33.5 Å². The van der Waals surface area contributed by atoms with Gasteiger partial charge >= 0.3 is 0 Å². The summed E-state index contributed by atoms with van der Waals surface area (Å²) in [5.41, 5.74) is 2.47. The van der Waals surface area contributed by atoms with E-state index in [4.69, 9.17) is 19.3 Å². The molecule has 0 atom stereocenters. The van der Waals surface area contributed by atoms with Gasteiger partial charge in [-0.3, -0.25) is 0 Å². The summed E-state index contributed by atoms with van der Waals surface area (Å²) in [4.78, 5) is 0. The van der Waals surface area contributed by atoms with Crippen molar-refractivity contribution < 1.29 is 19.3 Å². The monoisotopic (exact) mass is 336 g/mol. The molecule has 0 amide bonds. The topological polar surface area (TPSA) is 47.9 Å². The fourth-order valence-electron chi connectivity index (χ4n) is 2.19. The standard InChI is InChI=1S/C21H20O4/c1-23-19-14-18(15-20(24-2)21(19)25-3)11-10-17-9-6-8-16(13-17)7-4-5-12-22/h6,8-9,13-15,22H,5,12H2,1-3H3. The lowest BCUT2D eigenvalue weighted by atomic mass is 10.1. The van der Waals surface area contributed by atoms with Gasteiger partial charge in [0.15, 0.2) is 11.5 Å². The number of methoxy groups -OCH3 is 3. The summed E-state index contributed by atoms with van der Waals surface area (Å²) in [6.07, 6.45) is 0.460. The van der Waals surface area contributed by atoms with E-state index in [-0.39, 0.29) is 6.61 Å². The van der Waals surface area contributed by atoms with E-state index in [2.05, 4.69) is 23.7 Å². The molecule has 0 unspecified atom stereocenters. The van der Waals surface area contributed by atoms with Gasteiger partial charge in [-0.1, -0.05) is 29.7 Å². The van der Waals surface area contributed by atoms with E-state index >= 15 is 0 Å². The van der Waals surface area contributed by atoms with Crippen LogP contribution in [0.3, 0.4) is 0 Å². The maximum Gasteiger partial charge on any atom is 0.203 e. The number of aliphatic hydroxyl groups is 1. The smallest absolute Gasteiger partial charge is 0.203 e. The Bertz CT molecular complexity index is 822. The normalized spacial score (nSPS) is 9.28. The zero-order valence-corrected chi connectivity index (χ0v) is 14.6. The maximum atomic E-state index is 8.78. The van der Waals surface area contributed by atoms with Crippen LogP contribution in [-0.2, 0) is 0 Å². The molecule has 0 aliphatic rings. The highest BCUT2D eigenvalue weighted by molar-refractivity contribution is 5.58. The van der Waals surface area contributed by atoms with Crippen LogP contribution in [-0.4, -0.2) is 33.0 Å². The summed E-state index contributed by atoms with van der Waals surface area (Å²) in [5.74, 6) is 13.8. The molecule has 1 N–H and O–H groups in total. The Kier molecular flexibility index (Phi) is 6.77. The van der Waals surface area contributed by atoms with Crippen molar-refractivity contribution in [2.45, 2.75) is 6.42 Å². The van der Waals surface area contributed by atoms with Crippen molar-refractivity contribution in [3.8, 4) is 40.9 Å². The first-order valence-electron chi connectivity index (χ1n) is 7.73. The van der Waals surface area contributed by atoms with Crippen molar-refractivity contribution in [3.63, 3.8) is 0 Å². The summed E-state index contributed by atoms with van der Waals surface area (Å²) in [6.45, 7) is 0.0631. The molecule has 4 nitrogen and oxygen atoms in total. The molecule has 2 rings (SSSR count). The molecular weight excluding hydrogens is 316 g/mol. The molecular formula is C21H20O4. The third-order valence-electron chi connectivity index (χ3n) is 3.35. The van der Waals surface area contributed by atoms with Crippen LogP contribution >= 0.6 is 0 Å². The van der Waals surface area contributed by atoms with Crippen LogP contribution in [0.5, 0.6) is 17.2 Å². The first-order chi connectivity index (χ1) is 12.2. The van der Waals surface area contributed by atoms with E-state index in [0.29, 0.717) is 23.7 Å². The minimum Gasteiger partial charge on any atom is -0.493 e. The van der Waals surface area contributed by atoms with E-state index in [1.807, 2.05) is 24.3 Å². The molecule has 0 fully saturated rings. The molecule has 0 aromatic heterocycles. The third kappa shape index (κ3) is 4.94. The highest BCUT2D eigenvalue weighted by atomic mass is 16.5. The Morgan fingerprint density at radius 3 is 1.96 bits per heavy atom. The summed E-state index contributed by atoms with van der Waals surface area (Å²) >= 11 is 0. The largest absolute Gasteiger partial charge is 0.493 e. The van der Waals surface area contributed by atoms with Crippen molar-refractivity contribution in [1.82, 2.24) is 0 Å². The minimum absolute atomic E-state index is 0.0631. The van der Waals surface area contributed by atoms with Gasteiger partial charge in [0.25, 0.3) is 0 Å². The summed E-state index contributed by atoms with van der Waals surface area (Å²) in [7, 11) is 4.71. The lowest BCUT2D eigenvalue weighted by Gasteiger charge is -2.12. The summed E-state index contributed by atoms with van der Waals surface area (Å²) in [6, 6.07) is 11.3. The minimum atomic E-state index is 0.0631. The van der Waals surface area contributed by atoms with Crippen LogP contribution in [0.2, 0.25) is 0 Å². The van der Waals surface area contributed by atoms with Gasteiger partial charge in [0.05, 0.1) is 27.9 Å². The first-order valence-corrected chi connectivity index (χ1v) is 7.73. The molecule has 0 saturated carbocycles. The Morgan fingerprint density at radius 2 is 1.40 bits per heavy atom. The number of hydrogen-bond acceptors (Lipinski definition) is 4. The van der Waals surface area contributed by atoms with Crippen molar-refractivity contribution in [2.75, 3.05) is 27.9 Å². The van der Waals surface area contributed by atoms with Gasteiger partial charge in [0.2, 0.25) is 5.75 Å². The summed E-state index contributed by atoms with van der Waals surface area (Å²) < 4.78 is 16.0. The second kappa shape index (κ2) is 9.27. The Balaban J connectivity index is 2.32. The fraction of sp³-hybridized carbons (Fsp3) is 0.238. The lowest BCUT2D eigenvalue weighted by Crippen LogP contribution is -1.95. The Morgan fingerprint density at radius 1 is 0.800 bits per heavy atom. The van der Waals surface area contributed by atoms with Gasteiger partial charge < -0.3 is 19.3 Å². The molecule has 128 valence electrons. The quantitative estimate of drug-likeness (QED) is 0.872. The Labute approximate surface area is 148 Å². The zero-order valence-electron chi connectivity index (χ0n) is 14.6. The SMILES string of the molecule is COc1cc(C#Cc2cccc(C#CCCO)c2)cc(OC)c1OC. The Hall–Kier alpha value is -3.08. The van der Waals surface area contributed by atoms with Crippen molar-refractivity contribution in [3.05, 3.63) is 53.1 Å². The highest BCUT2D eigenvalue weighted by Crippen LogP contribution is 2.37.